The minimum atomic E-state index is -0.266. The Labute approximate surface area is 168 Å². The van der Waals surface area contributed by atoms with Gasteiger partial charge in [0.05, 0.1) is 13.2 Å². The topological polar surface area (TPSA) is 42.0 Å². The lowest BCUT2D eigenvalue weighted by Crippen LogP contribution is -2.55. The highest BCUT2D eigenvalue weighted by Crippen LogP contribution is 2.44. The van der Waals surface area contributed by atoms with Crippen LogP contribution in [0.1, 0.15) is 56.6 Å². The Morgan fingerprint density at radius 2 is 1.71 bits per heavy atom. The van der Waals surface area contributed by atoms with Gasteiger partial charge < -0.3 is 19.3 Å². The van der Waals surface area contributed by atoms with Crippen LogP contribution in [0.3, 0.4) is 0 Å². The van der Waals surface area contributed by atoms with Gasteiger partial charge in [0, 0.05) is 44.3 Å². The van der Waals surface area contributed by atoms with Crippen LogP contribution < -0.4 is 0 Å². The third kappa shape index (κ3) is 3.17. The van der Waals surface area contributed by atoms with E-state index in [9.17, 15) is 4.79 Å². The largest absolute Gasteiger partial charge is 0.348 e. The van der Waals surface area contributed by atoms with Crippen molar-refractivity contribution in [1.29, 1.82) is 0 Å². The molecule has 152 valence electrons. The van der Waals surface area contributed by atoms with Crippen molar-refractivity contribution in [1.82, 2.24) is 9.80 Å². The molecule has 0 radical (unpaired) electrons. The zero-order valence-corrected chi connectivity index (χ0v) is 17.0. The lowest BCUT2D eigenvalue weighted by Gasteiger charge is -2.51. The fraction of sp³-hybridized carbons (Fsp3) is 0.696. The highest BCUT2D eigenvalue weighted by Gasteiger charge is 2.46. The first-order valence-electron chi connectivity index (χ1n) is 11.0. The van der Waals surface area contributed by atoms with Gasteiger partial charge in [-0.05, 0) is 49.9 Å². The molecule has 1 amide bonds. The first-order valence-corrected chi connectivity index (χ1v) is 11.0. The van der Waals surface area contributed by atoms with Crippen LogP contribution in [0.25, 0.3) is 0 Å². The van der Waals surface area contributed by atoms with Gasteiger partial charge in [0.15, 0.2) is 5.79 Å². The predicted octanol–water partition coefficient (Wildman–Crippen LogP) is 3.07. The van der Waals surface area contributed by atoms with E-state index in [2.05, 4.69) is 34.1 Å². The van der Waals surface area contributed by atoms with Crippen LogP contribution in [0, 0.1) is 0 Å². The van der Waals surface area contributed by atoms with Crippen molar-refractivity contribution in [2.75, 3.05) is 32.8 Å². The van der Waals surface area contributed by atoms with Gasteiger partial charge in [0.25, 0.3) is 0 Å². The molecule has 3 fully saturated rings. The number of amides is 1. The highest BCUT2D eigenvalue weighted by atomic mass is 16.7. The van der Waals surface area contributed by atoms with E-state index in [0.29, 0.717) is 6.04 Å². The third-order valence-electron chi connectivity index (χ3n) is 7.69. The minimum absolute atomic E-state index is 0.130. The molecule has 1 aromatic rings. The molecule has 5 heteroatoms. The second kappa shape index (κ2) is 7.12. The SMILES string of the molecule is CC(=O)N1Cc2ccccc2C2(CCN(C3CCC4(CC3)OCCO4)CC2)C1. The van der Waals surface area contributed by atoms with Crippen LogP contribution in [-0.4, -0.2) is 60.4 Å². The summed E-state index contributed by atoms with van der Waals surface area (Å²) < 4.78 is 11.8. The molecule has 0 unspecified atom stereocenters. The van der Waals surface area contributed by atoms with E-state index in [-0.39, 0.29) is 17.1 Å². The summed E-state index contributed by atoms with van der Waals surface area (Å²) in [5, 5.41) is 0. The highest BCUT2D eigenvalue weighted by molar-refractivity contribution is 5.74. The van der Waals surface area contributed by atoms with Gasteiger partial charge in [0.1, 0.15) is 0 Å². The molecule has 3 aliphatic heterocycles. The van der Waals surface area contributed by atoms with E-state index in [1.807, 2.05) is 0 Å². The number of benzene rings is 1. The summed E-state index contributed by atoms with van der Waals surface area (Å²) in [6, 6.07) is 9.44. The van der Waals surface area contributed by atoms with Crippen molar-refractivity contribution < 1.29 is 14.3 Å². The van der Waals surface area contributed by atoms with Gasteiger partial charge in [-0.1, -0.05) is 24.3 Å². The maximum atomic E-state index is 12.2. The summed E-state index contributed by atoms with van der Waals surface area (Å²) in [6.45, 7) is 7.11. The van der Waals surface area contributed by atoms with Crippen molar-refractivity contribution in [3.8, 4) is 0 Å². The zero-order chi connectivity index (χ0) is 19.2. The van der Waals surface area contributed by atoms with Gasteiger partial charge in [0.2, 0.25) is 5.91 Å². The molecular weight excluding hydrogens is 352 g/mol. The summed E-state index contributed by atoms with van der Waals surface area (Å²) >= 11 is 0. The fourth-order valence-corrected chi connectivity index (χ4v) is 6.05. The molecule has 28 heavy (non-hydrogen) atoms. The van der Waals surface area contributed by atoms with Crippen molar-refractivity contribution in [2.24, 2.45) is 0 Å². The minimum Gasteiger partial charge on any atom is -0.348 e. The first-order chi connectivity index (χ1) is 13.6. The van der Waals surface area contributed by atoms with Gasteiger partial charge in [-0.3, -0.25) is 4.79 Å². The molecule has 1 saturated carbocycles. The molecule has 3 heterocycles. The Kier molecular flexibility index (Phi) is 4.73. The zero-order valence-electron chi connectivity index (χ0n) is 17.0. The van der Waals surface area contributed by atoms with E-state index in [4.69, 9.17) is 9.47 Å². The summed E-state index contributed by atoms with van der Waals surface area (Å²) in [4.78, 5) is 16.9. The number of piperidine rings is 1. The quantitative estimate of drug-likeness (QED) is 0.746. The Balaban J connectivity index is 1.28. The number of likely N-dealkylation sites (tertiary alicyclic amines) is 1. The molecule has 0 atom stereocenters. The molecule has 2 saturated heterocycles. The average Bonchev–Trinajstić information content (AvgIpc) is 3.17. The lowest BCUT2D eigenvalue weighted by molar-refractivity contribution is -0.184. The Hall–Kier alpha value is -1.43. The molecule has 0 N–H and O–H groups in total. The van der Waals surface area contributed by atoms with Crippen LogP contribution >= 0.6 is 0 Å². The number of hydrogen-bond donors (Lipinski definition) is 0. The second-order valence-corrected chi connectivity index (χ2v) is 9.19. The van der Waals surface area contributed by atoms with E-state index in [0.717, 1.165) is 65.1 Å². The molecule has 0 bridgehead atoms. The van der Waals surface area contributed by atoms with Crippen LogP contribution in [-0.2, 0) is 26.2 Å². The van der Waals surface area contributed by atoms with E-state index >= 15 is 0 Å². The van der Waals surface area contributed by atoms with Gasteiger partial charge in [-0.25, -0.2) is 0 Å². The standard InChI is InChI=1S/C23H32N2O3/c1-18(26)25-16-19-4-2-3-5-21(19)22(17-25)10-12-24(13-11-22)20-6-8-23(9-7-20)27-14-15-28-23/h2-5,20H,6-17H2,1H3. The Bertz CT molecular complexity index is 725. The van der Waals surface area contributed by atoms with Crippen molar-refractivity contribution in [3.05, 3.63) is 35.4 Å². The number of carbonyl (C=O) groups is 1. The molecule has 0 aromatic heterocycles. The maximum Gasteiger partial charge on any atom is 0.219 e. The van der Waals surface area contributed by atoms with Crippen molar-refractivity contribution in [3.63, 3.8) is 0 Å². The summed E-state index contributed by atoms with van der Waals surface area (Å²) in [6.07, 6.45) is 6.68. The normalized spacial score (nSPS) is 27.2. The molecule has 5 rings (SSSR count). The monoisotopic (exact) mass is 384 g/mol. The molecule has 1 aromatic carbocycles. The summed E-state index contributed by atoms with van der Waals surface area (Å²) in [5.74, 6) is -0.0666. The van der Waals surface area contributed by atoms with Crippen LogP contribution in [0.15, 0.2) is 24.3 Å². The number of rotatable bonds is 1. The van der Waals surface area contributed by atoms with Crippen LogP contribution in [0.2, 0.25) is 0 Å². The smallest absolute Gasteiger partial charge is 0.219 e. The van der Waals surface area contributed by atoms with Crippen molar-refractivity contribution in [2.45, 2.75) is 69.2 Å². The molecule has 1 aliphatic carbocycles. The van der Waals surface area contributed by atoms with E-state index in [1.54, 1.807) is 6.92 Å². The molecule has 4 aliphatic rings. The van der Waals surface area contributed by atoms with Gasteiger partial charge >= 0.3 is 0 Å². The number of fused-ring (bicyclic) bond motifs is 2. The number of nitrogens with zero attached hydrogens (tertiary/aromatic N) is 2. The van der Waals surface area contributed by atoms with Crippen molar-refractivity contribution >= 4 is 5.91 Å². The maximum absolute atomic E-state index is 12.2. The molecule has 2 spiro atoms. The number of ether oxygens (including phenoxy) is 2. The van der Waals surface area contributed by atoms with E-state index < -0.39 is 0 Å². The summed E-state index contributed by atoms with van der Waals surface area (Å²) in [7, 11) is 0. The number of carbonyl (C=O) groups excluding carboxylic acids is 1. The van der Waals surface area contributed by atoms with Gasteiger partial charge in [-0.15, -0.1) is 0 Å². The fourth-order valence-electron chi connectivity index (χ4n) is 6.05. The predicted molar refractivity (Wildman–Crippen MR) is 107 cm³/mol. The number of hydrogen-bond acceptors (Lipinski definition) is 4. The first kappa shape index (κ1) is 18.6. The Morgan fingerprint density at radius 3 is 2.39 bits per heavy atom. The lowest BCUT2D eigenvalue weighted by atomic mass is 9.68. The van der Waals surface area contributed by atoms with Crippen LogP contribution in [0.5, 0.6) is 0 Å². The van der Waals surface area contributed by atoms with Crippen LogP contribution in [0.4, 0.5) is 0 Å². The third-order valence-corrected chi connectivity index (χ3v) is 7.69. The van der Waals surface area contributed by atoms with E-state index in [1.165, 1.54) is 24.0 Å². The van der Waals surface area contributed by atoms with Gasteiger partial charge in [-0.2, -0.15) is 0 Å². The Morgan fingerprint density at radius 1 is 1.04 bits per heavy atom. The average molecular weight is 385 g/mol. The molecule has 5 nitrogen and oxygen atoms in total. The second-order valence-electron chi connectivity index (χ2n) is 9.19. The summed E-state index contributed by atoms with van der Waals surface area (Å²) in [5.41, 5.74) is 2.96. The molecular formula is C23H32N2O3.